The Bertz CT molecular complexity index is 237. The van der Waals surface area contributed by atoms with Gasteiger partial charge in [0.1, 0.15) is 5.83 Å². The Labute approximate surface area is 91.4 Å². The topological polar surface area (TPSA) is 38.5 Å². The molecule has 1 atom stereocenters. The maximum absolute atomic E-state index is 13.6. The van der Waals surface area contributed by atoms with Crippen LogP contribution in [0.4, 0.5) is 4.39 Å². The van der Waals surface area contributed by atoms with E-state index in [0.29, 0.717) is 12.3 Å². The van der Waals surface area contributed by atoms with E-state index in [1.165, 1.54) is 12.3 Å². The monoisotopic (exact) mass is 216 g/mol. The van der Waals surface area contributed by atoms with Crippen molar-refractivity contribution in [3.05, 3.63) is 23.8 Å². The summed E-state index contributed by atoms with van der Waals surface area (Å²) in [5.41, 5.74) is 5.69. The Morgan fingerprint density at radius 3 is 2.53 bits per heavy atom. The van der Waals surface area contributed by atoms with Gasteiger partial charge in [-0.15, -0.1) is 0 Å². The van der Waals surface area contributed by atoms with Crippen LogP contribution >= 0.6 is 0 Å². The largest absolute Gasteiger partial charge is 0.403 e. The zero-order valence-electron chi connectivity index (χ0n) is 9.96. The fraction of sp³-hybridized carbons (Fsp3) is 0.636. The fourth-order valence-corrected chi connectivity index (χ4v) is 1.09. The number of halogens is 1. The molecule has 0 radical (unpaired) electrons. The van der Waals surface area contributed by atoms with Gasteiger partial charge in [0.05, 0.1) is 11.8 Å². The zero-order chi connectivity index (χ0) is 11.8. The van der Waals surface area contributed by atoms with Gasteiger partial charge in [0.15, 0.2) is 0 Å². The third kappa shape index (κ3) is 5.42. The van der Waals surface area contributed by atoms with Crippen molar-refractivity contribution in [1.29, 1.82) is 0 Å². The molecule has 0 heterocycles. The Kier molecular flexibility index (Phi) is 6.79. The molecule has 1 unspecified atom stereocenters. The van der Waals surface area contributed by atoms with E-state index < -0.39 is 0 Å². The summed E-state index contributed by atoms with van der Waals surface area (Å²) < 4.78 is 18.9. The standard InChI is InChI=1S/C11H21FN2O/c1-5-6-15-9(2)7-10(12)11(8-13)14(3)4/h7-9H,5-6,13H2,1-4H3/b10-7+,11-8+. The normalized spacial score (nSPS) is 15.3. The first kappa shape index (κ1) is 14.0. The van der Waals surface area contributed by atoms with Gasteiger partial charge in [-0.05, 0) is 19.4 Å². The smallest absolute Gasteiger partial charge is 0.146 e. The molecule has 0 aromatic heterocycles. The third-order valence-corrected chi connectivity index (χ3v) is 1.85. The molecule has 0 saturated carbocycles. The number of nitrogens with zero attached hydrogens (tertiary/aromatic N) is 1. The Balaban J connectivity index is 4.40. The van der Waals surface area contributed by atoms with Crippen LogP contribution in [0.25, 0.3) is 0 Å². The maximum Gasteiger partial charge on any atom is 0.146 e. The molecule has 0 amide bonds. The lowest BCUT2D eigenvalue weighted by Crippen LogP contribution is -2.15. The van der Waals surface area contributed by atoms with E-state index in [4.69, 9.17) is 10.5 Å². The van der Waals surface area contributed by atoms with Crippen molar-refractivity contribution in [2.24, 2.45) is 5.73 Å². The van der Waals surface area contributed by atoms with Gasteiger partial charge in [0.2, 0.25) is 0 Å². The molecule has 0 aromatic carbocycles. The van der Waals surface area contributed by atoms with Crippen LogP contribution in [0.15, 0.2) is 23.8 Å². The highest BCUT2D eigenvalue weighted by Gasteiger charge is 2.08. The minimum absolute atomic E-state index is 0.236. The van der Waals surface area contributed by atoms with Crippen molar-refractivity contribution in [3.8, 4) is 0 Å². The highest BCUT2D eigenvalue weighted by atomic mass is 19.1. The van der Waals surface area contributed by atoms with E-state index in [1.807, 2.05) is 6.92 Å². The summed E-state index contributed by atoms with van der Waals surface area (Å²) in [6.07, 6.45) is 3.36. The van der Waals surface area contributed by atoms with E-state index in [1.54, 1.807) is 25.9 Å². The summed E-state index contributed by atoms with van der Waals surface area (Å²) in [6, 6.07) is 0. The van der Waals surface area contributed by atoms with Crippen molar-refractivity contribution < 1.29 is 9.13 Å². The summed E-state index contributed by atoms with van der Waals surface area (Å²) in [6.45, 7) is 4.45. The summed E-state index contributed by atoms with van der Waals surface area (Å²) in [5, 5.41) is 0. The van der Waals surface area contributed by atoms with Gasteiger partial charge < -0.3 is 15.4 Å². The number of hydrogen-bond donors (Lipinski definition) is 1. The van der Waals surface area contributed by atoms with Crippen LogP contribution in [-0.2, 0) is 4.74 Å². The third-order valence-electron chi connectivity index (χ3n) is 1.85. The van der Waals surface area contributed by atoms with Crippen LogP contribution in [0.2, 0.25) is 0 Å². The lowest BCUT2D eigenvalue weighted by Gasteiger charge is -2.16. The summed E-state index contributed by atoms with van der Waals surface area (Å²) in [7, 11) is 3.48. The van der Waals surface area contributed by atoms with Crippen LogP contribution in [0.3, 0.4) is 0 Å². The molecule has 0 rings (SSSR count). The molecular weight excluding hydrogens is 195 g/mol. The first-order valence-corrected chi connectivity index (χ1v) is 5.11. The second-order valence-electron chi connectivity index (χ2n) is 3.54. The lowest BCUT2D eigenvalue weighted by atomic mass is 10.3. The van der Waals surface area contributed by atoms with Crippen LogP contribution < -0.4 is 5.73 Å². The van der Waals surface area contributed by atoms with Gasteiger partial charge in [-0.2, -0.15) is 0 Å². The van der Waals surface area contributed by atoms with Crippen LogP contribution in [0, 0.1) is 0 Å². The van der Waals surface area contributed by atoms with Crippen molar-refractivity contribution in [1.82, 2.24) is 4.90 Å². The van der Waals surface area contributed by atoms with Gasteiger partial charge in [-0.1, -0.05) is 6.92 Å². The molecule has 3 nitrogen and oxygen atoms in total. The van der Waals surface area contributed by atoms with E-state index >= 15 is 0 Å². The summed E-state index contributed by atoms with van der Waals surface area (Å²) >= 11 is 0. The van der Waals surface area contributed by atoms with Crippen molar-refractivity contribution in [2.75, 3.05) is 20.7 Å². The second-order valence-corrected chi connectivity index (χ2v) is 3.54. The van der Waals surface area contributed by atoms with Gasteiger partial charge in [-0.3, -0.25) is 0 Å². The van der Waals surface area contributed by atoms with E-state index in [-0.39, 0.29) is 11.9 Å². The molecule has 2 N–H and O–H groups in total. The number of likely N-dealkylation sites (N-methyl/N-ethyl adjacent to an activating group) is 1. The van der Waals surface area contributed by atoms with Crippen molar-refractivity contribution in [2.45, 2.75) is 26.4 Å². The number of hydrogen-bond acceptors (Lipinski definition) is 3. The van der Waals surface area contributed by atoms with Crippen LogP contribution in [0.1, 0.15) is 20.3 Å². The molecule has 0 aliphatic rings. The summed E-state index contributed by atoms with van der Waals surface area (Å²) in [5.74, 6) is -0.355. The van der Waals surface area contributed by atoms with Crippen molar-refractivity contribution in [3.63, 3.8) is 0 Å². The molecule has 0 aromatic rings. The second kappa shape index (κ2) is 7.29. The SMILES string of the molecule is CCCOC(C)/C=C(F)\C(=C/N)N(C)C. The zero-order valence-corrected chi connectivity index (χ0v) is 9.96. The van der Waals surface area contributed by atoms with Gasteiger partial charge >= 0.3 is 0 Å². The molecule has 0 spiro atoms. The minimum Gasteiger partial charge on any atom is -0.403 e. The van der Waals surface area contributed by atoms with Gasteiger partial charge in [0, 0.05) is 26.9 Å². The highest BCUT2D eigenvalue weighted by Crippen LogP contribution is 2.14. The average Bonchev–Trinajstić information content (AvgIpc) is 2.15. The molecule has 0 bridgehead atoms. The molecule has 0 aliphatic carbocycles. The quantitative estimate of drug-likeness (QED) is 0.690. The Hall–Kier alpha value is -1.03. The number of nitrogens with two attached hydrogens (primary N) is 1. The van der Waals surface area contributed by atoms with Crippen LogP contribution in [0.5, 0.6) is 0 Å². The summed E-state index contributed by atoms with van der Waals surface area (Å²) in [4.78, 5) is 1.62. The number of ether oxygens (including phenoxy) is 1. The lowest BCUT2D eigenvalue weighted by molar-refractivity contribution is 0.0966. The predicted molar refractivity (Wildman–Crippen MR) is 60.9 cm³/mol. The first-order chi connectivity index (χ1) is 7.02. The first-order valence-electron chi connectivity index (χ1n) is 5.11. The van der Waals surface area contributed by atoms with Gasteiger partial charge in [-0.25, -0.2) is 4.39 Å². The van der Waals surface area contributed by atoms with Crippen molar-refractivity contribution >= 4 is 0 Å². The average molecular weight is 216 g/mol. The number of rotatable bonds is 6. The maximum atomic E-state index is 13.6. The fourth-order valence-electron chi connectivity index (χ4n) is 1.09. The van der Waals surface area contributed by atoms with E-state index in [9.17, 15) is 4.39 Å². The number of allylic oxidation sites excluding steroid dienone is 1. The molecule has 0 fully saturated rings. The highest BCUT2D eigenvalue weighted by molar-refractivity contribution is 5.23. The van der Waals surface area contributed by atoms with E-state index in [0.717, 1.165) is 6.42 Å². The van der Waals surface area contributed by atoms with Gasteiger partial charge in [0.25, 0.3) is 0 Å². The molecule has 0 aliphatic heterocycles. The minimum atomic E-state index is -0.355. The molecular formula is C11H21FN2O. The van der Waals surface area contributed by atoms with E-state index in [2.05, 4.69) is 0 Å². The molecule has 88 valence electrons. The predicted octanol–water partition coefficient (Wildman–Crippen LogP) is 2.02. The molecule has 4 heteroatoms. The Morgan fingerprint density at radius 1 is 1.53 bits per heavy atom. The van der Waals surface area contributed by atoms with Crippen LogP contribution in [-0.4, -0.2) is 31.7 Å². The molecule has 0 saturated heterocycles. The Morgan fingerprint density at radius 2 is 2.13 bits per heavy atom. The molecule has 15 heavy (non-hydrogen) atoms.